The molecule has 0 saturated heterocycles. The first kappa shape index (κ1) is 13.2. The number of hydrogen-bond acceptors (Lipinski definition) is 4. The molecule has 92 valence electrons. The van der Waals surface area contributed by atoms with Crippen LogP contribution in [0.5, 0.6) is 0 Å². The van der Waals surface area contributed by atoms with Crippen LogP contribution in [-0.2, 0) is 10.0 Å². The summed E-state index contributed by atoms with van der Waals surface area (Å²) in [7, 11) is -3.28. The summed E-state index contributed by atoms with van der Waals surface area (Å²) in [6.45, 7) is 1.87. The second-order valence-corrected chi connectivity index (χ2v) is 5.48. The fraction of sp³-hybridized carbons (Fsp3) is 0.600. The predicted molar refractivity (Wildman–Crippen MR) is 60.4 cm³/mol. The summed E-state index contributed by atoms with van der Waals surface area (Å²) in [6, 6.07) is 3.25. The van der Waals surface area contributed by atoms with Crippen molar-refractivity contribution in [2.75, 3.05) is 12.3 Å². The molecule has 1 aromatic heterocycles. The van der Waals surface area contributed by atoms with Gasteiger partial charge in [0.2, 0.25) is 10.0 Å². The minimum absolute atomic E-state index is 0.0560. The molecule has 0 saturated carbocycles. The van der Waals surface area contributed by atoms with E-state index in [1.807, 2.05) is 6.92 Å². The maximum absolute atomic E-state index is 11.4. The zero-order chi connectivity index (χ0) is 12.0. The van der Waals surface area contributed by atoms with E-state index < -0.39 is 16.1 Å². The summed E-state index contributed by atoms with van der Waals surface area (Å²) < 4.78 is 30.1. The lowest BCUT2D eigenvalue weighted by molar-refractivity contribution is 0.154. The summed E-state index contributed by atoms with van der Waals surface area (Å²) in [4.78, 5) is 0. The zero-order valence-corrected chi connectivity index (χ0v) is 10.0. The normalized spacial score (nSPS) is 13.9. The Kier molecular flexibility index (Phi) is 4.98. The van der Waals surface area contributed by atoms with E-state index in [4.69, 9.17) is 4.42 Å². The van der Waals surface area contributed by atoms with Gasteiger partial charge >= 0.3 is 0 Å². The SMILES string of the molecule is CCCCS(=O)(=O)NCC(O)c1ccco1. The largest absolute Gasteiger partial charge is 0.467 e. The van der Waals surface area contributed by atoms with Gasteiger partial charge in [-0.2, -0.15) is 0 Å². The quantitative estimate of drug-likeness (QED) is 0.754. The van der Waals surface area contributed by atoms with Crippen molar-refractivity contribution < 1.29 is 17.9 Å². The molecule has 1 rings (SSSR count). The number of hydrogen-bond donors (Lipinski definition) is 2. The molecule has 5 nitrogen and oxygen atoms in total. The smallest absolute Gasteiger partial charge is 0.211 e. The highest BCUT2D eigenvalue weighted by Gasteiger charge is 2.15. The van der Waals surface area contributed by atoms with Gasteiger partial charge in [0.25, 0.3) is 0 Å². The van der Waals surface area contributed by atoms with Gasteiger partial charge in [-0.05, 0) is 18.6 Å². The molecular weight excluding hydrogens is 230 g/mol. The molecule has 0 aliphatic carbocycles. The first-order chi connectivity index (χ1) is 7.55. The van der Waals surface area contributed by atoms with E-state index in [2.05, 4.69) is 4.72 Å². The molecule has 2 N–H and O–H groups in total. The number of aliphatic hydroxyl groups excluding tert-OH is 1. The number of sulfonamides is 1. The lowest BCUT2D eigenvalue weighted by Gasteiger charge is -2.09. The molecule has 0 aliphatic heterocycles. The van der Waals surface area contributed by atoms with Gasteiger partial charge in [-0.25, -0.2) is 13.1 Å². The number of aliphatic hydroxyl groups is 1. The second-order valence-electron chi connectivity index (χ2n) is 3.55. The highest BCUT2D eigenvalue weighted by molar-refractivity contribution is 7.89. The van der Waals surface area contributed by atoms with E-state index in [-0.39, 0.29) is 12.3 Å². The predicted octanol–water partition coefficient (Wildman–Crippen LogP) is 1.03. The third-order valence-corrected chi connectivity index (χ3v) is 3.57. The molecule has 1 atom stereocenters. The van der Waals surface area contributed by atoms with Gasteiger partial charge < -0.3 is 9.52 Å². The molecule has 1 heterocycles. The van der Waals surface area contributed by atoms with Crippen LogP contribution in [0, 0.1) is 0 Å². The number of nitrogens with one attached hydrogen (secondary N) is 1. The van der Waals surface area contributed by atoms with E-state index in [9.17, 15) is 13.5 Å². The Bertz CT molecular complexity index is 385. The van der Waals surface area contributed by atoms with Crippen molar-refractivity contribution in [1.82, 2.24) is 4.72 Å². The highest BCUT2D eigenvalue weighted by atomic mass is 32.2. The van der Waals surface area contributed by atoms with E-state index in [0.717, 1.165) is 6.42 Å². The fourth-order valence-electron chi connectivity index (χ4n) is 1.19. The molecule has 0 spiro atoms. The van der Waals surface area contributed by atoms with Gasteiger partial charge in [0, 0.05) is 6.54 Å². The maximum Gasteiger partial charge on any atom is 0.211 e. The number of furan rings is 1. The van der Waals surface area contributed by atoms with Gasteiger partial charge in [0.15, 0.2) is 0 Å². The van der Waals surface area contributed by atoms with Gasteiger partial charge in [-0.3, -0.25) is 0 Å². The Morgan fingerprint density at radius 3 is 2.88 bits per heavy atom. The molecule has 16 heavy (non-hydrogen) atoms. The molecule has 1 unspecified atom stereocenters. The van der Waals surface area contributed by atoms with Crippen molar-refractivity contribution in [2.45, 2.75) is 25.9 Å². The maximum atomic E-state index is 11.4. The second kappa shape index (κ2) is 6.03. The minimum atomic E-state index is -3.28. The van der Waals surface area contributed by atoms with E-state index >= 15 is 0 Å². The monoisotopic (exact) mass is 247 g/mol. The molecule has 0 amide bonds. The molecule has 1 aromatic rings. The fourth-order valence-corrected chi connectivity index (χ4v) is 2.42. The van der Waals surface area contributed by atoms with Crippen LogP contribution >= 0.6 is 0 Å². The van der Waals surface area contributed by atoms with Crippen molar-refractivity contribution in [2.24, 2.45) is 0 Å². The molecular formula is C10H17NO4S. The van der Waals surface area contributed by atoms with Crippen LogP contribution in [0.1, 0.15) is 31.6 Å². The molecule has 0 aromatic carbocycles. The van der Waals surface area contributed by atoms with Gasteiger partial charge in [0.1, 0.15) is 11.9 Å². The van der Waals surface area contributed by atoms with Crippen LogP contribution in [0.2, 0.25) is 0 Å². The van der Waals surface area contributed by atoms with Crippen molar-refractivity contribution in [3.8, 4) is 0 Å². The van der Waals surface area contributed by atoms with Crippen molar-refractivity contribution >= 4 is 10.0 Å². The van der Waals surface area contributed by atoms with Gasteiger partial charge in [-0.15, -0.1) is 0 Å². The van der Waals surface area contributed by atoms with Gasteiger partial charge in [0.05, 0.1) is 12.0 Å². The summed E-state index contributed by atoms with van der Waals surface area (Å²) in [6.07, 6.45) is 1.93. The van der Waals surface area contributed by atoms with Crippen LogP contribution in [0.25, 0.3) is 0 Å². The number of unbranched alkanes of at least 4 members (excludes halogenated alkanes) is 1. The lowest BCUT2D eigenvalue weighted by Crippen LogP contribution is -2.30. The molecule has 0 aliphatic rings. The summed E-state index contributed by atoms with van der Waals surface area (Å²) >= 11 is 0. The molecule has 0 bridgehead atoms. The first-order valence-electron chi connectivity index (χ1n) is 5.24. The zero-order valence-electron chi connectivity index (χ0n) is 9.22. The average Bonchev–Trinajstić information content (AvgIpc) is 2.77. The molecule has 0 radical (unpaired) electrons. The molecule has 0 fully saturated rings. The standard InChI is InChI=1S/C10H17NO4S/c1-2-3-7-16(13,14)11-8-9(12)10-5-4-6-15-10/h4-6,9,11-12H,2-3,7-8H2,1H3. The molecule has 6 heteroatoms. The van der Waals surface area contributed by atoms with Gasteiger partial charge in [-0.1, -0.05) is 13.3 Å². The summed E-state index contributed by atoms with van der Waals surface area (Å²) in [5.41, 5.74) is 0. The Morgan fingerprint density at radius 2 is 2.31 bits per heavy atom. The Labute approximate surface area is 95.5 Å². The Morgan fingerprint density at radius 1 is 1.56 bits per heavy atom. The van der Waals surface area contributed by atoms with E-state index in [0.29, 0.717) is 12.2 Å². The van der Waals surface area contributed by atoms with Crippen LogP contribution in [0.3, 0.4) is 0 Å². The topological polar surface area (TPSA) is 79.5 Å². The highest BCUT2D eigenvalue weighted by Crippen LogP contribution is 2.11. The van der Waals surface area contributed by atoms with Crippen LogP contribution < -0.4 is 4.72 Å². The lowest BCUT2D eigenvalue weighted by atomic mass is 10.3. The minimum Gasteiger partial charge on any atom is -0.467 e. The van der Waals surface area contributed by atoms with Crippen molar-refractivity contribution in [3.05, 3.63) is 24.2 Å². The van der Waals surface area contributed by atoms with Crippen molar-refractivity contribution in [3.63, 3.8) is 0 Å². The average molecular weight is 247 g/mol. The van der Waals surface area contributed by atoms with Crippen LogP contribution in [0.15, 0.2) is 22.8 Å². The first-order valence-corrected chi connectivity index (χ1v) is 6.89. The summed E-state index contributed by atoms with van der Waals surface area (Å²) in [5, 5.41) is 9.58. The van der Waals surface area contributed by atoms with Crippen molar-refractivity contribution in [1.29, 1.82) is 0 Å². The third kappa shape index (κ3) is 4.34. The van der Waals surface area contributed by atoms with E-state index in [1.54, 1.807) is 12.1 Å². The Hall–Kier alpha value is -0.850. The summed E-state index contributed by atoms with van der Waals surface area (Å²) in [5.74, 6) is 0.451. The van der Waals surface area contributed by atoms with Crippen LogP contribution in [-0.4, -0.2) is 25.8 Å². The van der Waals surface area contributed by atoms with E-state index in [1.165, 1.54) is 6.26 Å². The third-order valence-electron chi connectivity index (χ3n) is 2.13. The Balaban J connectivity index is 2.39. The number of rotatable bonds is 7. The van der Waals surface area contributed by atoms with Crippen LogP contribution in [0.4, 0.5) is 0 Å².